The second-order valence-corrected chi connectivity index (χ2v) is 5.54. The highest BCUT2D eigenvalue weighted by atomic mass is 19.4. The van der Waals surface area contributed by atoms with Crippen molar-refractivity contribution in [2.45, 2.75) is 60.3 Å². The van der Waals surface area contributed by atoms with Crippen LogP contribution < -0.4 is 0 Å². The minimum absolute atomic E-state index is 0.889. The molecule has 176 valence electrons. The van der Waals surface area contributed by atoms with Crippen molar-refractivity contribution in [1.82, 2.24) is 0 Å². The molecular formula is C10H5F17O2. The highest BCUT2D eigenvalue weighted by Gasteiger charge is 2.96. The number of rotatable bonds is 7. The molecule has 0 rings (SSSR count). The summed E-state index contributed by atoms with van der Waals surface area (Å²) in [4.78, 5) is 0. The highest BCUT2D eigenvalue weighted by molar-refractivity contribution is 5.16. The SMILES string of the molecule is CC(O)(O)C(F)(F)C(F)(F)C(F)(F)C(F)(F)C(F)(F)C(F)(F)C(F)(F)C(F)(F)F. The molecule has 0 aromatic rings. The fraction of sp³-hybridized carbons (Fsp3) is 1.00. The molecule has 2 N–H and O–H groups in total. The first-order chi connectivity index (χ1) is 12.0. The summed E-state index contributed by atoms with van der Waals surface area (Å²) in [5, 5.41) is 16.5. The predicted octanol–water partition coefficient (Wildman–Crippen LogP) is 4.70. The Balaban J connectivity index is 6.82. The van der Waals surface area contributed by atoms with Crippen molar-refractivity contribution in [2.24, 2.45) is 0 Å². The summed E-state index contributed by atoms with van der Waals surface area (Å²) < 4.78 is 217. The summed E-state index contributed by atoms with van der Waals surface area (Å²) in [7, 11) is 0. The van der Waals surface area contributed by atoms with Gasteiger partial charge >= 0.3 is 47.6 Å². The predicted molar refractivity (Wildman–Crippen MR) is 53.5 cm³/mol. The standard InChI is InChI=1S/C10H5F17O2/c1-2(28,29)3(11,12)4(13,14)5(15,16)6(17,18)7(19,20)8(21,22)9(23,24)10(25,26)27/h28-29H,1H3. The molecule has 0 radical (unpaired) electrons. The van der Waals surface area contributed by atoms with E-state index in [1.54, 1.807) is 0 Å². The minimum Gasteiger partial charge on any atom is -0.361 e. The van der Waals surface area contributed by atoms with E-state index in [4.69, 9.17) is 10.2 Å². The van der Waals surface area contributed by atoms with Crippen LogP contribution in [0.2, 0.25) is 0 Å². The molecule has 2 nitrogen and oxygen atoms in total. The number of hydrogen-bond acceptors (Lipinski definition) is 2. The lowest BCUT2D eigenvalue weighted by atomic mass is 9.87. The average Bonchev–Trinajstić information content (AvgIpc) is 2.43. The fourth-order valence-electron chi connectivity index (χ4n) is 1.46. The molecule has 0 aliphatic heterocycles. The molecule has 0 amide bonds. The molecule has 0 aromatic heterocycles. The lowest BCUT2D eigenvalue weighted by Gasteiger charge is -2.44. The minimum atomic E-state index is -8.75. The van der Waals surface area contributed by atoms with Gasteiger partial charge in [-0.05, 0) is 6.92 Å². The monoisotopic (exact) mass is 480 g/mol. The van der Waals surface area contributed by atoms with Crippen molar-refractivity contribution in [3.05, 3.63) is 0 Å². The van der Waals surface area contributed by atoms with Crippen molar-refractivity contribution >= 4 is 0 Å². The van der Waals surface area contributed by atoms with E-state index >= 15 is 0 Å². The van der Waals surface area contributed by atoms with Crippen molar-refractivity contribution in [1.29, 1.82) is 0 Å². The Morgan fingerprint density at radius 3 is 0.690 bits per heavy atom. The van der Waals surface area contributed by atoms with Gasteiger partial charge in [0.2, 0.25) is 5.79 Å². The molecule has 0 unspecified atom stereocenters. The smallest absolute Gasteiger partial charge is 0.361 e. The van der Waals surface area contributed by atoms with Crippen molar-refractivity contribution < 1.29 is 84.9 Å². The van der Waals surface area contributed by atoms with Crippen molar-refractivity contribution in [2.75, 3.05) is 0 Å². The lowest BCUT2D eigenvalue weighted by Crippen LogP contribution is -2.76. The second-order valence-electron chi connectivity index (χ2n) is 5.54. The van der Waals surface area contributed by atoms with E-state index in [2.05, 4.69) is 0 Å². The third-order valence-electron chi connectivity index (χ3n) is 3.32. The van der Waals surface area contributed by atoms with Crippen LogP contribution in [0.25, 0.3) is 0 Å². The molecule has 0 aliphatic rings. The van der Waals surface area contributed by atoms with Crippen LogP contribution in [0.4, 0.5) is 74.6 Å². The van der Waals surface area contributed by atoms with E-state index in [1.807, 2.05) is 0 Å². The summed E-state index contributed by atoms with van der Waals surface area (Å²) in [5.74, 6) is -63.7. The van der Waals surface area contributed by atoms with Crippen LogP contribution in [0.5, 0.6) is 0 Å². The first-order valence-electron chi connectivity index (χ1n) is 6.16. The lowest BCUT2D eigenvalue weighted by molar-refractivity contribution is -0.473. The Hall–Kier alpha value is -1.27. The Morgan fingerprint density at radius 2 is 0.517 bits per heavy atom. The molecule has 0 atom stereocenters. The molecule has 0 aliphatic carbocycles. The van der Waals surface area contributed by atoms with Gasteiger partial charge in [0.25, 0.3) is 0 Å². The van der Waals surface area contributed by atoms with Crippen molar-refractivity contribution in [3.8, 4) is 0 Å². The number of aliphatic hydroxyl groups is 2. The van der Waals surface area contributed by atoms with E-state index in [-0.39, 0.29) is 0 Å². The van der Waals surface area contributed by atoms with Gasteiger partial charge in [-0.15, -0.1) is 0 Å². The number of hydrogen-bond donors (Lipinski definition) is 2. The zero-order chi connectivity index (χ0) is 24.5. The molecule has 29 heavy (non-hydrogen) atoms. The van der Waals surface area contributed by atoms with Crippen LogP contribution >= 0.6 is 0 Å². The maximum atomic E-state index is 13.2. The molecule has 0 saturated heterocycles. The quantitative estimate of drug-likeness (QED) is 0.410. The Kier molecular flexibility index (Phi) is 6.09. The number of halogens is 17. The van der Waals surface area contributed by atoms with Gasteiger partial charge in [0.1, 0.15) is 0 Å². The van der Waals surface area contributed by atoms with Crippen molar-refractivity contribution in [3.63, 3.8) is 0 Å². The number of alkyl halides is 17. The first kappa shape index (κ1) is 27.7. The van der Waals surface area contributed by atoms with Gasteiger partial charge in [-0.3, -0.25) is 0 Å². The topological polar surface area (TPSA) is 40.5 Å². The van der Waals surface area contributed by atoms with Crippen LogP contribution in [0, 0.1) is 0 Å². The van der Waals surface area contributed by atoms with Gasteiger partial charge in [-0.2, -0.15) is 74.6 Å². The summed E-state index contributed by atoms with van der Waals surface area (Å²) in [6.45, 7) is -0.889. The summed E-state index contributed by atoms with van der Waals surface area (Å²) >= 11 is 0. The van der Waals surface area contributed by atoms with E-state index in [0.717, 1.165) is 0 Å². The zero-order valence-corrected chi connectivity index (χ0v) is 12.8. The third-order valence-corrected chi connectivity index (χ3v) is 3.32. The summed E-state index contributed by atoms with van der Waals surface area (Å²) in [6.07, 6.45) is -7.83. The zero-order valence-electron chi connectivity index (χ0n) is 12.8. The Bertz CT molecular complexity index is 559. The van der Waals surface area contributed by atoms with Crippen LogP contribution in [-0.4, -0.2) is 63.6 Å². The van der Waals surface area contributed by atoms with Gasteiger partial charge in [-0.1, -0.05) is 0 Å². The summed E-state index contributed by atoms with van der Waals surface area (Å²) in [5.41, 5.74) is 0. The molecule has 0 aromatic carbocycles. The van der Waals surface area contributed by atoms with Gasteiger partial charge < -0.3 is 10.2 Å². The van der Waals surface area contributed by atoms with Gasteiger partial charge in [-0.25, -0.2) is 0 Å². The van der Waals surface area contributed by atoms with E-state index in [1.165, 1.54) is 0 Å². The highest BCUT2D eigenvalue weighted by Crippen LogP contribution is 2.64. The largest absolute Gasteiger partial charge is 0.460 e. The molecular weight excluding hydrogens is 475 g/mol. The van der Waals surface area contributed by atoms with Crippen LogP contribution in [0.1, 0.15) is 6.92 Å². The molecule has 0 saturated carbocycles. The van der Waals surface area contributed by atoms with Gasteiger partial charge in [0, 0.05) is 0 Å². The third kappa shape index (κ3) is 3.27. The second kappa shape index (κ2) is 6.36. The van der Waals surface area contributed by atoms with Crippen LogP contribution in [0.15, 0.2) is 0 Å². The average molecular weight is 480 g/mol. The molecule has 0 heterocycles. The Morgan fingerprint density at radius 1 is 0.345 bits per heavy atom. The van der Waals surface area contributed by atoms with Crippen LogP contribution in [0.3, 0.4) is 0 Å². The molecule has 0 bridgehead atoms. The van der Waals surface area contributed by atoms with Crippen LogP contribution in [-0.2, 0) is 0 Å². The van der Waals surface area contributed by atoms with E-state index in [0.29, 0.717) is 0 Å². The molecule has 0 spiro atoms. The fourth-order valence-corrected chi connectivity index (χ4v) is 1.46. The Labute approximate surface area is 146 Å². The normalized spacial score (nSPS) is 17.0. The van der Waals surface area contributed by atoms with E-state index in [9.17, 15) is 74.6 Å². The van der Waals surface area contributed by atoms with Gasteiger partial charge in [0.15, 0.2) is 0 Å². The maximum Gasteiger partial charge on any atom is 0.460 e. The molecule has 19 heteroatoms. The summed E-state index contributed by atoms with van der Waals surface area (Å²) in [6, 6.07) is 0. The van der Waals surface area contributed by atoms with E-state index < -0.39 is 60.3 Å². The molecule has 0 fully saturated rings. The maximum absolute atomic E-state index is 13.2. The first-order valence-corrected chi connectivity index (χ1v) is 6.16. The van der Waals surface area contributed by atoms with Gasteiger partial charge in [0.05, 0.1) is 0 Å².